The van der Waals surface area contributed by atoms with Crippen LogP contribution in [-0.4, -0.2) is 9.78 Å². The largest absolute Gasteiger partial charge is 0.434 e. The number of nitrogens with zero attached hydrogens (tertiary/aromatic N) is 2. The van der Waals surface area contributed by atoms with Gasteiger partial charge in [-0.1, -0.05) is 0 Å². The molecule has 0 spiro atoms. The summed E-state index contributed by atoms with van der Waals surface area (Å²) in [6.07, 6.45) is -3.28. The quantitative estimate of drug-likeness (QED) is 0.777. The van der Waals surface area contributed by atoms with Crippen LogP contribution in [-0.2, 0) is 12.7 Å². The molecule has 0 aromatic carbocycles. The second-order valence-corrected chi connectivity index (χ2v) is 3.31. The maximum atomic E-state index is 12.4. The summed E-state index contributed by atoms with van der Waals surface area (Å²) in [5.74, 6) is 0. The number of aromatic nitrogens is 2. The number of rotatable bonds is 2. The van der Waals surface area contributed by atoms with Crippen LogP contribution in [0.25, 0.3) is 0 Å². The van der Waals surface area contributed by atoms with Gasteiger partial charge < -0.3 is 0 Å². The summed E-state index contributed by atoms with van der Waals surface area (Å²) in [6, 6.07) is 0. The highest BCUT2D eigenvalue weighted by Gasteiger charge is 2.37. The van der Waals surface area contributed by atoms with E-state index >= 15 is 0 Å². The normalized spacial score (nSPS) is 12.1. The van der Waals surface area contributed by atoms with Gasteiger partial charge in [0, 0.05) is 6.54 Å². The first-order valence-corrected chi connectivity index (χ1v) is 5.06. The molecule has 13 heavy (non-hydrogen) atoms. The van der Waals surface area contributed by atoms with E-state index in [2.05, 4.69) is 5.10 Å². The van der Waals surface area contributed by atoms with Crippen LogP contribution in [0, 0.1) is 0 Å². The van der Waals surface area contributed by atoms with E-state index in [9.17, 15) is 13.2 Å². The SMILES string of the molecule is CCn1ncc(SCl)c1C(F)(F)F. The van der Waals surface area contributed by atoms with E-state index in [0.29, 0.717) is 11.0 Å². The van der Waals surface area contributed by atoms with Crippen molar-refractivity contribution in [2.24, 2.45) is 0 Å². The first-order chi connectivity index (χ1) is 6.00. The van der Waals surface area contributed by atoms with Crippen molar-refractivity contribution in [3.8, 4) is 0 Å². The van der Waals surface area contributed by atoms with E-state index in [1.807, 2.05) is 0 Å². The lowest BCUT2D eigenvalue weighted by Gasteiger charge is -2.09. The first kappa shape index (κ1) is 10.7. The summed E-state index contributed by atoms with van der Waals surface area (Å²) >= 11 is 0. The van der Waals surface area contributed by atoms with E-state index < -0.39 is 11.9 Å². The van der Waals surface area contributed by atoms with Crippen LogP contribution in [0.15, 0.2) is 11.1 Å². The third-order valence-corrected chi connectivity index (χ3v) is 2.42. The van der Waals surface area contributed by atoms with Crippen LogP contribution < -0.4 is 0 Å². The minimum atomic E-state index is -4.40. The Labute approximate surface area is 81.6 Å². The van der Waals surface area contributed by atoms with Crippen molar-refractivity contribution in [3.05, 3.63) is 11.9 Å². The molecule has 0 bridgehead atoms. The van der Waals surface area contributed by atoms with E-state index in [1.165, 1.54) is 0 Å². The van der Waals surface area contributed by atoms with Crippen LogP contribution >= 0.6 is 21.7 Å². The van der Waals surface area contributed by atoms with Crippen LogP contribution in [0.5, 0.6) is 0 Å². The molecule has 1 aromatic rings. The highest BCUT2D eigenvalue weighted by molar-refractivity contribution is 8.21. The van der Waals surface area contributed by atoms with Crippen molar-refractivity contribution in [2.45, 2.75) is 24.5 Å². The monoisotopic (exact) mass is 230 g/mol. The molecule has 0 unspecified atom stereocenters. The van der Waals surface area contributed by atoms with Crippen molar-refractivity contribution >= 4 is 21.7 Å². The van der Waals surface area contributed by atoms with E-state index in [4.69, 9.17) is 10.7 Å². The Morgan fingerprint density at radius 2 is 2.23 bits per heavy atom. The van der Waals surface area contributed by atoms with Crippen molar-refractivity contribution in [2.75, 3.05) is 0 Å². The lowest BCUT2D eigenvalue weighted by atomic mass is 10.4. The Kier molecular flexibility index (Phi) is 3.13. The van der Waals surface area contributed by atoms with Gasteiger partial charge in [-0.3, -0.25) is 4.68 Å². The second-order valence-electron chi connectivity index (χ2n) is 2.25. The molecule has 0 aliphatic carbocycles. The van der Waals surface area contributed by atoms with Crippen LogP contribution in [0.3, 0.4) is 0 Å². The van der Waals surface area contributed by atoms with Gasteiger partial charge in [0.05, 0.1) is 11.1 Å². The topological polar surface area (TPSA) is 17.8 Å². The molecule has 1 aromatic heterocycles. The Hall–Kier alpha value is -0.360. The van der Waals surface area contributed by atoms with Crippen molar-refractivity contribution in [1.82, 2.24) is 9.78 Å². The molecule has 0 fully saturated rings. The number of aryl methyl sites for hydroxylation is 1. The first-order valence-electron chi connectivity index (χ1n) is 3.42. The predicted octanol–water partition coefficient (Wildman–Crippen LogP) is 3.17. The molecule has 0 aliphatic rings. The molecule has 7 heteroatoms. The number of halogens is 4. The van der Waals surface area contributed by atoms with Gasteiger partial charge in [0.2, 0.25) is 0 Å². The summed E-state index contributed by atoms with van der Waals surface area (Å²) in [4.78, 5) is -0.0592. The molecule has 0 saturated heterocycles. The molecular formula is C6H6ClF3N2S. The Bertz CT molecular complexity index is 275. The predicted molar refractivity (Wildman–Crippen MR) is 44.6 cm³/mol. The summed E-state index contributed by atoms with van der Waals surface area (Å²) in [5, 5.41) is 3.56. The molecule has 0 radical (unpaired) electrons. The lowest BCUT2D eigenvalue weighted by molar-refractivity contribution is -0.146. The van der Waals surface area contributed by atoms with Crippen molar-refractivity contribution in [3.63, 3.8) is 0 Å². The average Bonchev–Trinajstić information content (AvgIpc) is 2.45. The molecule has 74 valence electrons. The maximum absolute atomic E-state index is 12.4. The van der Waals surface area contributed by atoms with Crippen LogP contribution in [0.4, 0.5) is 13.2 Å². The van der Waals surface area contributed by atoms with E-state index in [1.54, 1.807) is 6.92 Å². The Morgan fingerprint density at radius 1 is 1.62 bits per heavy atom. The second kappa shape index (κ2) is 3.79. The van der Waals surface area contributed by atoms with Gasteiger partial charge in [-0.25, -0.2) is 0 Å². The molecular weight excluding hydrogens is 225 g/mol. The van der Waals surface area contributed by atoms with Gasteiger partial charge in [-0.15, -0.1) is 0 Å². The van der Waals surface area contributed by atoms with Crippen LogP contribution in [0.1, 0.15) is 12.6 Å². The number of hydrogen-bond acceptors (Lipinski definition) is 2. The third kappa shape index (κ3) is 2.11. The molecule has 0 saturated carbocycles. The van der Waals surface area contributed by atoms with E-state index in [0.717, 1.165) is 10.9 Å². The summed E-state index contributed by atoms with van der Waals surface area (Å²) in [7, 11) is 5.80. The zero-order valence-corrected chi connectivity index (χ0v) is 8.17. The van der Waals surface area contributed by atoms with Gasteiger partial charge in [0.25, 0.3) is 0 Å². The van der Waals surface area contributed by atoms with Crippen molar-refractivity contribution in [1.29, 1.82) is 0 Å². The maximum Gasteiger partial charge on any atom is 0.434 e. The standard InChI is InChI=1S/C6H6ClF3N2S/c1-2-12-5(6(8,9)10)4(13-7)3-11-12/h3H,2H2,1H3. The lowest BCUT2D eigenvalue weighted by Crippen LogP contribution is -2.14. The van der Waals surface area contributed by atoms with E-state index in [-0.39, 0.29) is 11.4 Å². The molecule has 2 nitrogen and oxygen atoms in total. The molecule has 1 rings (SSSR count). The smallest absolute Gasteiger partial charge is 0.260 e. The molecule has 1 heterocycles. The highest BCUT2D eigenvalue weighted by atomic mass is 35.7. The molecule has 0 N–H and O–H groups in total. The highest BCUT2D eigenvalue weighted by Crippen LogP contribution is 2.37. The molecule has 0 amide bonds. The third-order valence-electron chi connectivity index (χ3n) is 1.46. The van der Waals surface area contributed by atoms with Crippen LogP contribution in [0.2, 0.25) is 0 Å². The number of alkyl halides is 3. The molecule has 0 atom stereocenters. The fourth-order valence-corrected chi connectivity index (χ4v) is 1.67. The Morgan fingerprint density at radius 3 is 2.62 bits per heavy atom. The number of hydrogen-bond donors (Lipinski definition) is 0. The summed E-state index contributed by atoms with van der Waals surface area (Å²) < 4.78 is 38.0. The van der Waals surface area contributed by atoms with Crippen molar-refractivity contribution < 1.29 is 13.2 Å². The fraction of sp³-hybridized carbons (Fsp3) is 0.500. The van der Waals surface area contributed by atoms with Gasteiger partial charge in [0.1, 0.15) is 0 Å². The minimum absolute atomic E-state index is 0.0592. The van der Waals surface area contributed by atoms with Gasteiger partial charge in [-0.05, 0) is 28.6 Å². The van der Waals surface area contributed by atoms with Gasteiger partial charge >= 0.3 is 6.18 Å². The molecule has 0 aliphatic heterocycles. The van der Waals surface area contributed by atoms with Gasteiger partial charge in [0.15, 0.2) is 5.69 Å². The zero-order chi connectivity index (χ0) is 10.1. The minimum Gasteiger partial charge on any atom is -0.260 e. The Balaban J connectivity index is 3.20. The summed E-state index contributed by atoms with van der Waals surface area (Å²) in [6.45, 7) is 1.76. The van der Waals surface area contributed by atoms with Gasteiger partial charge in [-0.2, -0.15) is 18.3 Å². The summed E-state index contributed by atoms with van der Waals surface area (Å²) in [5.41, 5.74) is -0.782. The fourth-order valence-electron chi connectivity index (χ4n) is 0.950. The zero-order valence-electron chi connectivity index (χ0n) is 6.60. The average molecular weight is 231 g/mol.